The lowest BCUT2D eigenvalue weighted by molar-refractivity contribution is -0.0565. The molecule has 1 aromatic rings. The number of aromatic hydroxyl groups is 1. The summed E-state index contributed by atoms with van der Waals surface area (Å²) in [5, 5.41) is 29.1. The fraction of sp³-hybridized carbons (Fsp3) is 0.650. The van der Waals surface area contributed by atoms with Gasteiger partial charge in [-0.15, -0.1) is 0 Å². The normalized spacial score (nSPS) is 23.9. The number of ether oxygens (including phenoxy) is 1. The van der Waals surface area contributed by atoms with Crippen LogP contribution in [0.3, 0.4) is 0 Å². The van der Waals surface area contributed by atoms with Crippen LogP contribution in [0.1, 0.15) is 57.4 Å². The van der Waals surface area contributed by atoms with Crippen molar-refractivity contribution in [2.75, 3.05) is 0 Å². The van der Waals surface area contributed by atoms with Gasteiger partial charge in [-0.2, -0.15) is 5.26 Å². The van der Waals surface area contributed by atoms with Gasteiger partial charge in [-0.1, -0.05) is 57.2 Å². The first-order chi connectivity index (χ1) is 11.6. The van der Waals surface area contributed by atoms with Crippen molar-refractivity contribution in [3.8, 4) is 11.8 Å². The van der Waals surface area contributed by atoms with Gasteiger partial charge in [-0.05, 0) is 24.3 Å². The van der Waals surface area contributed by atoms with E-state index in [0.29, 0.717) is 11.5 Å². The van der Waals surface area contributed by atoms with Crippen molar-refractivity contribution >= 4 is 0 Å². The maximum atomic E-state index is 10.3. The van der Waals surface area contributed by atoms with Gasteiger partial charge < -0.3 is 14.9 Å². The maximum Gasteiger partial charge on any atom is 0.121 e. The molecule has 0 radical (unpaired) electrons. The molecular weight excluding hydrogens is 302 g/mol. The van der Waals surface area contributed by atoms with Crippen LogP contribution in [-0.2, 0) is 11.3 Å². The van der Waals surface area contributed by atoms with Crippen molar-refractivity contribution in [2.45, 2.75) is 70.7 Å². The fourth-order valence-corrected chi connectivity index (χ4v) is 3.52. The fourth-order valence-electron chi connectivity index (χ4n) is 3.52. The van der Waals surface area contributed by atoms with E-state index >= 15 is 0 Å². The van der Waals surface area contributed by atoms with Gasteiger partial charge in [0.15, 0.2) is 0 Å². The molecule has 0 aromatic heterocycles. The average molecular weight is 331 g/mol. The van der Waals surface area contributed by atoms with Crippen LogP contribution in [0.5, 0.6) is 5.75 Å². The Morgan fingerprint density at radius 3 is 2.79 bits per heavy atom. The van der Waals surface area contributed by atoms with Crippen molar-refractivity contribution in [1.82, 2.24) is 0 Å². The molecule has 1 saturated carbocycles. The Labute approximate surface area is 145 Å². The standard InChI is InChI=1S/C20H29NO3/c1-15-5-4-6-16(10-9-15)13-20(19(23)11-12-21)24-14-17-7-2-3-8-18(17)22/h2-3,7-8,15-16,19-20,22-23H,4-6,9-11,13-14H2,1H3. The number of para-hydroxylation sites is 1. The average Bonchev–Trinajstić information content (AvgIpc) is 2.77. The first-order valence-corrected chi connectivity index (χ1v) is 9.03. The van der Waals surface area contributed by atoms with Crippen molar-refractivity contribution in [2.24, 2.45) is 11.8 Å². The van der Waals surface area contributed by atoms with E-state index in [1.54, 1.807) is 12.1 Å². The molecule has 4 nitrogen and oxygen atoms in total. The molecule has 132 valence electrons. The second kappa shape index (κ2) is 9.66. The molecule has 2 N–H and O–H groups in total. The summed E-state index contributed by atoms with van der Waals surface area (Å²) in [7, 11) is 0. The van der Waals surface area contributed by atoms with Crippen LogP contribution in [-0.4, -0.2) is 22.4 Å². The van der Waals surface area contributed by atoms with Gasteiger partial charge in [0.25, 0.3) is 0 Å². The first kappa shape index (κ1) is 18.8. The predicted octanol–water partition coefficient (Wildman–Crippen LogP) is 4.16. The molecule has 0 bridgehead atoms. The lowest BCUT2D eigenvalue weighted by Gasteiger charge is -2.26. The van der Waals surface area contributed by atoms with Gasteiger partial charge in [-0.25, -0.2) is 0 Å². The summed E-state index contributed by atoms with van der Waals surface area (Å²) < 4.78 is 5.93. The number of benzene rings is 1. The van der Waals surface area contributed by atoms with E-state index in [4.69, 9.17) is 10.00 Å². The highest BCUT2D eigenvalue weighted by Gasteiger charge is 2.26. The quantitative estimate of drug-likeness (QED) is 0.736. The van der Waals surface area contributed by atoms with Crippen LogP contribution in [0, 0.1) is 23.2 Å². The zero-order valence-corrected chi connectivity index (χ0v) is 14.5. The monoisotopic (exact) mass is 331 g/mol. The lowest BCUT2D eigenvalue weighted by atomic mass is 9.90. The molecule has 24 heavy (non-hydrogen) atoms. The molecular formula is C20H29NO3. The van der Waals surface area contributed by atoms with E-state index in [9.17, 15) is 10.2 Å². The zero-order valence-electron chi connectivity index (χ0n) is 14.5. The molecule has 2 rings (SSSR count). The Morgan fingerprint density at radius 1 is 1.25 bits per heavy atom. The Morgan fingerprint density at radius 2 is 2.04 bits per heavy atom. The summed E-state index contributed by atoms with van der Waals surface area (Å²) in [6, 6.07) is 9.11. The lowest BCUT2D eigenvalue weighted by Crippen LogP contribution is -2.31. The van der Waals surface area contributed by atoms with Gasteiger partial charge >= 0.3 is 0 Å². The number of hydrogen-bond acceptors (Lipinski definition) is 4. The van der Waals surface area contributed by atoms with E-state index < -0.39 is 6.10 Å². The van der Waals surface area contributed by atoms with Crippen molar-refractivity contribution in [1.29, 1.82) is 5.26 Å². The van der Waals surface area contributed by atoms with Crippen molar-refractivity contribution < 1.29 is 14.9 Å². The van der Waals surface area contributed by atoms with Gasteiger partial charge in [0.2, 0.25) is 0 Å². The molecule has 0 saturated heterocycles. The summed E-state index contributed by atoms with van der Waals surface area (Å²) in [6.07, 6.45) is 5.79. The van der Waals surface area contributed by atoms with Crippen LogP contribution < -0.4 is 0 Å². The smallest absolute Gasteiger partial charge is 0.121 e. The number of nitrogens with zero attached hydrogens (tertiary/aromatic N) is 1. The van der Waals surface area contributed by atoms with Gasteiger partial charge in [-0.3, -0.25) is 0 Å². The Kier molecular flexibility index (Phi) is 7.55. The molecule has 0 spiro atoms. The molecule has 0 heterocycles. The molecule has 4 unspecified atom stereocenters. The number of rotatable bonds is 7. The van der Waals surface area contributed by atoms with E-state index in [2.05, 4.69) is 6.92 Å². The minimum absolute atomic E-state index is 0.0779. The Bertz CT molecular complexity index is 540. The molecule has 4 heteroatoms. The minimum Gasteiger partial charge on any atom is -0.508 e. The minimum atomic E-state index is -0.776. The number of nitriles is 1. The Hall–Kier alpha value is -1.57. The number of aliphatic hydroxyl groups is 1. The number of phenolic OH excluding ortho intramolecular Hbond substituents is 1. The second-order valence-corrected chi connectivity index (χ2v) is 7.12. The number of hydrogen-bond donors (Lipinski definition) is 2. The summed E-state index contributed by atoms with van der Waals surface area (Å²) in [4.78, 5) is 0. The van der Waals surface area contributed by atoms with Gasteiger partial charge in [0, 0.05) is 5.56 Å². The summed E-state index contributed by atoms with van der Waals surface area (Å²) >= 11 is 0. The van der Waals surface area contributed by atoms with E-state index in [-0.39, 0.29) is 24.9 Å². The maximum absolute atomic E-state index is 10.3. The van der Waals surface area contributed by atoms with Crippen LogP contribution >= 0.6 is 0 Å². The predicted molar refractivity (Wildman–Crippen MR) is 93.3 cm³/mol. The number of aliphatic hydroxyl groups excluding tert-OH is 1. The second-order valence-electron chi connectivity index (χ2n) is 7.12. The number of phenols is 1. The summed E-state index contributed by atoms with van der Waals surface area (Å²) in [6.45, 7) is 2.56. The van der Waals surface area contributed by atoms with Crippen LogP contribution in [0.2, 0.25) is 0 Å². The first-order valence-electron chi connectivity index (χ1n) is 9.03. The topological polar surface area (TPSA) is 73.5 Å². The summed E-state index contributed by atoms with van der Waals surface area (Å²) in [5.41, 5.74) is 0.709. The third-order valence-corrected chi connectivity index (χ3v) is 5.12. The molecule has 1 aliphatic carbocycles. The molecule has 1 aliphatic rings. The van der Waals surface area contributed by atoms with E-state index in [1.807, 2.05) is 18.2 Å². The third-order valence-electron chi connectivity index (χ3n) is 5.12. The highest BCUT2D eigenvalue weighted by atomic mass is 16.5. The van der Waals surface area contributed by atoms with Crippen LogP contribution in [0.15, 0.2) is 24.3 Å². The van der Waals surface area contributed by atoms with Gasteiger partial charge in [0.1, 0.15) is 5.75 Å². The highest BCUT2D eigenvalue weighted by Crippen LogP contribution is 2.31. The SMILES string of the molecule is CC1CCCC(CC(OCc2ccccc2O)C(O)CC#N)CC1. The molecule has 0 aliphatic heterocycles. The molecule has 1 aromatic carbocycles. The zero-order chi connectivity index (χ0) is 17.4. The van der Waals surface area contributed by atoms with Crippen LogP contribution in [0.4, 0.5) is 0 Å². The van der Waals surface area contributed by atoms with Crippen LogP contribution in [0.25, 0.3) is 0 Å². The van der Waals surface area contributed by atoms with E-state index in [1.165, 1.54) is 25.7 Å². The molecule has 1 fully saturated rings. The Balaban J connectivity index is 1.96. The molecule has 4 atom stereocenters. The van der Waals surface area contributed by atoms with Crippen molar-refractivity contribution in [3.05, 3.63) is 29.8 Å². The third kappa shape index (κ3) is 5.81. The van der Waals surface area contributed by atoms with Gasteiger partial charge in [0.05, 0.1) is 31.3 Å². The van der Waals surface area contributed by atoms with E-state index in [0.717, 1.165) is 18.8 Å². The largest absolute Gasteiger partial charge is 0.508 e. The highest BCUT2D eigenvalue weighted by molar-refractivity contribution is 5.30. The molecule has 0 amide bonds. The summed E-state index contributed by atoms with van der Waals surface area (Å²) in [5.74, 6) is 1.52. The van der Waals surface area contributed by atoms with Crippen molar-refractivity contribution in [3.63, 3.8) is 0 Å².